The molecule has 2 rings (SSSR count). The summed E-state index contributed by atoms with van der Waals surface area (Å²) < 4.78 is 5.09. The van der Waals surface area contributed by atoms with Crippen molar-refractivity contribution in [2.24, 2.45) is 0 Å². The third-order valence-electron chi connectivity index (χ3n) is 3.20. The summed E-state index contributed by atoms with van der Waals surface area (Å²) in [5.41, 5.74) is 0.832. The number of nitrogens with zero attached hydrogens (tertiary/aromatic N) is 1. The number of nitrogens with one attached hydrogen (secondary N) is 1. The smallest absolute Gasteiger partial charge is 0.229 e. The third kappa shape index (κ3) is 3.05. The average molecular weight is 262 g/mol. The van der Waals surface area contributed by atoms with Crippen molar-refractivity contribution in [1.82, 2.24) is 5.32 Å². The van der Waals surface area contributed by atoms with Gasteiger partial charge in [-0.2, -0.15) is 0 Å². The molecule has 102 valence electrons. The fourth-order valence-electron chi connectivity index (χ4n) is 2.15. The lowest BCUT2D eigenvalue weighted by atomic mass is 10.2. The number of benzene rings is 1. The number of hydrogen-bond donors (Lipinski definition) is 1. The van der Waals surface area contributed by atoms with Crippen LogP contribution in [0.1, 0.15) is 19.8 Å². The summed E-state index contributed by atoms with van der Waals surface area (Å²) in [4.78, 5) is 25.0. The molecule has 19 heavy (non-hydrogen) atoms. The van der Waals surface area contributed by atoms with Crippen molar-refractivity contribution in [3.8, 4) is 5.75 Å². The molecule has 2 amide bonds. The normalized spacial score (nSPS) is 18.5. The van der Waals surface area contributed by atoms with Crippen LogP contribution in [0.15, 0.2) is 24.3 Å². The molecule has 1 aromatic rings. The maximum atomic E-state index is 12.0. The van der Waals surface area contributed by atoms with Gasteiger partial charge < -0.3 is 15.0 Å². The van der Waals surface area contributed by atoms with Crippen LogP contribution in [0.4, 0.5) is 5.69 Å². The Morgan fingerprint density at radius 2 is 2.11 bits per heavy atom. The summed E-state index contributed by atoms with van der Waals surface area (Å²) in [7, 11) is 1.60. The second-order valence-corrected chi connectivity index (χ2v) is 4.52. The Kier molecular flexibility index (Phi) is 4.04. The molecule has 5 heteroatoms. The Hall–Kier alpha value is -2.04. The monoisotopic (exact) mass is 262 g/mol. The van der Waals surface area contributed by atoms with Crippen LogP contribution in [0.5, 0.6) is 5.75 Å². The standard InChI is InChI=1S/C14H18N2O3/c1-3-13(17)15-10-8-14(18)16(9-10)11-4-6-12(19-2)7-5-11/h4-7,10H,3,8-9H2,1-2H3,(H,15,17). The first-order chi connectivity index (χ1) is 9.13. The maximum Gasteiger partial charge on any atom is 0.229 e. The zero-order valence-corrected chi connectivity index (χ0v) is 11.2. The van der Waals surface area contributed by atoms with Crippen LogP contribution in [-0.4, -0.2) is 31.5 Å². The van der Waals surface area contributed by atoms with Gasteiger partial charge in [-0.05, 0) is 24.3 Å². The van der Waals surface area contributed by atoms with E-state index in [1.165, 1.54) is 0 Å². The fourth-order valence-corrected chi connectivity index (χ4v) is 2.15. The van der Waals surface area contributed by atoms with Crippen molar-refractivity contribution in [3.05, 3.63) is 24.3 Å². The minimum absolute atomic E-state index is 0.0191. The summed E-state index contributed by atoms with van der Waals surface area (Å²) >= 11 is 0. The molecule has 1 unspecified atom stereocenters. The topological polar surface area (TPSA) is 58.6 Å². The number of hydrogen-bond acceptors (Lipinski definition) is 3. The Bertz CT molecular complexity index is 470. The molecule has 0 radical (unpaired) electrons. The maximum absolute atomic E-state index is 12.0. The van der Waals surface area contributed by atoms with Crippen LogP contribution in [0.3, 0.4) is 0 Å². The molecule has 1 heterocycles. The Balaban J connectivity index is 2.04. The summed E-state index contributed by atoms with van der Waals surface area (Å²) in [5, 5.41) is 2.86. The average Bonchev–Trinajstić information content (AvgIpc) is 2.79. The first kappa shape index (κ1) is 13.4. The minimum atomic E-state index is -0.0953. The number of methoxy groups -OCH3 is 1. The molecule has 0 bridgehead atoms. The molecular weight excluding hydrogens is 244 g/mol. The highest BCUT2D eigenvalue weighted by Crippen LogP contribution is 2.24. The van der Waals surface area contributed by atoms with Crippen molar-refractivity contribution in [3.63, 3.8) is 0 Å². The molecule has 1 aliphatic rings. The van der Waals surface area contributed by atoms with E-state index in [2.05, 4.69) is 5.32 Å². The van der Waals surface area contributed by atoms with Crippen LogP contribution in [0.2, 0.25) is 0 Å². The first-order valence-corrected chi connectivity index (χ1v) is 6.37. The highest BCUT2D eigenvalue weighted by Gasteiger charge is 2.31. The van der Waals surface area contributed by atoms with Crippen molar-refractivity contribution < 1.29 is 14.3 Å². The third-order valence-corrected chi connectivity index (χ3v) is 3.20. The molecule has 1 saturated heterocycles. The van der Waals surface area contributed by atoms with E-state index in [0.29, 0.717) is 19.4 Å². The summed E-state index contributed by atoms with van der Waals surface area (Å²) in [6.07, 6.45) is 0.797. The lowest BCUT2D eigenvalue weighted by molar-refractivity contribution is -0.121. The molecule has 0 aliphatic carbocycles. The SMILES string of the molecule is CCC(=O)NC1CC(=O)N(c2ccc(OC)cc2)C1. The second-order valence-electron chi connectivity index (χ2n) is 4.52. The van der Waals surface area contributed by atoms with Gasteiger partial charge in [-0.15, -0.1) is 0 Å². The Morgan fingerprint density at radius 1 is 1.42 bits per heavy atom. The molecule has 0 aromatic heterocycles. The highest BCUT2D eigenvalue weighted by atomic mass is 16.5. The fraction of sp³-hybridized carbons (Fsp3) is 0.429. The molecule has 1 fully saturated rings. The van der Waals surface area contributed by atoms with Crippen molar-refractivity contribution in [2.45, 2.75) is 25.8 Å². The van der Waals surface area contributed by atoms with Crippen LogP contribution >= 0.6 is 0 Å². The van der Waals surface area contributed by atoms with Crippen LogP contribution in [0.25, 0.3) is 0 Å². The first-order valence-electron chi connectivity index (χ1n) is 6.37. The van der Waals surface area contributed by atoms with Gasteiger partial charge in [0.05, 0.1) is 13.2 Å². The number of carbonyl (C=O) groups is 2. The molecule has 1 aliphatic heterocycles. The van der Waals surface area contributed by atoms with E-state index >= 15 is 0 Å². The number of carbonyl (C=O) groups excluding carboxylic acids is 2. The molecule has 5 nitrogen and oxygen atoms in total. The predicted octanol–water partition coefficient (Wildman–Crippen LogP) is 1.33. The minimum Gasteiger partial charge on any atom is -0.497 e. The lowest BCUT2D eigenvalue weighted by Gasteiger charge is -2.17. The molecule has 0 spiro atoms. The molecular formula is C14H18N2O3. The number of rotatable bonds is 4. The zero-order valence-electron chi connectivity index (χ0n) is 11.2. The second kappa shape index (κ2) is 5.73. The van der Waals surface area contributed by atoms with Gasteiger partial charge in [0.15, 0.2) is 0 Å². The van der Waals surface area contributed by atoms with Crippen LogP contribution < -0.4 is 15.0 Å². The zero-order chi connectivity index (χ0) is 13.8. The van der Waals surface area contributed by atoms with Gasteiger partial charge in [0, 0.05) is 25.1 Å². The molecule has 0 saturated carbocycles. The van der Waals surface area contributed by atoms with Gasteiger partial charge in [-0.1, -0.05) is 6.92 Å². The van der Waals surface area contributed by atoms with Gasteiger partial charge >= 0.3 is 0 Å². The van der Waals surface area contributed by atoms with E-state index in [4.69, 9.17) is 4.74 Å². The van der Waals surface area contributed by atoms with Gasteiger partial charge in [0.2, 0.25) is 11.8 Å². The largest absolute Gasteiger partial charge is 0.497 e. The van der Waals surface area contributed by atoms with Gasteiger partial charge in [0.25, 0.3) is 0 Å². The Morgan fingerprint density at radius 3 is 2.68 bits per heavy atom. The quantitative estimate of drug-likeness (QED) is 0.890. The van der Waals surface area contributed by atoms with Crippen molar-refractivity contribution >= 4 is 17.5 Å². The number of ether oxygens (including phenoxy) is 1. The predicted molar refractivity (Wildman–Crippen MR) is 72.2 cm³/mol. The van der Waals surface area contributed by atoms with E-state index in [0.717, 1.165) is 11.4 Å². The van der Waals surface area contributed by atoms with E-state index in [1.54, 1.807) is 18.9 Å². The summed E-state index contributed by atoms with van der Waals surface area (Å²) in [6.45, 7) is 2.32. The highest BCUT2D eigenvalue weighted by molar-refractivity contribution is 5.96. The van der Waals surface area contributed by atoms with Crippen molar-refractivity contribution in [2.75, 3.05) is 18.6 Å². The molecule has 1 atom stereocenters. The van der Waals surface area contributed by atoms with E-state index in [-0.39, 0.29) is 17.9 Å². The van der Waals surface area contributed by atoms with Crippen molar-refractivity contribution in [1.29, 1.82) is 0 Å². The summed E-state index contributed by atoms with van der Waals surface area (Å²) in [6, 6.07) is 7.24. The van der Waals surface area contributed by atoms with Crippen LogP contribution in [0, 0.1) is 0 Å². The van der Waals surface area contributed by atoms with Gasteiger partial charge in [-0.25, -0.2) is 0 Å². The molecule has 1 N–H and O–H groups in total. The molecule has 1 aromatic carbocycles. The number of anilines is 1. The number of amides is 2. The van der Waals surface area contributed by atoms with E-state index in [1.807, 2.05) is 24.3 Å². The summed E-state index contributed by atoms with van der Waals surface area (Å²) in [5.74, 6) is 0.771. The lowest BCUT2D eigenvalue weighted by Crippen LogP contribution is -2.36. The van der Waals surface area contributed by atoms with Crippen LogP contribution in [-0.2, 0) is 9.59 Å². The van der Waals surface area contributed by atoms with Gasteiger partial charge in [-0.3, -0.25) is 9.59 Å². The van der Waals surface area contributed by atoms with Gasteiger partial charge in [0.1, 0.15) is 5.75 Å². The Labute approximate surface area is 112 Å². The van der Waals surface area contributed by atoms with E-state index in [9.17, 15) is 9.59 Å². The van der Waals surface area contributed by atoms with E-state index < -0.39 is 0 Å².